The van der Waals surface area contributed by atoms with Crippen molar-refractivity contribution in [2.75, 3.05) is 41.0 Å². The number of hydrogen-bond acceptors (Lipinski definition) is 7. The third kappa shape index (κ3) is 5.48. The molecule has 1 aliphatic rings. The van der Waals surface area contributed by atoms with Crippen LogP contribution in [0, 0.1) is 0 Å². The summed E-state index contributed by atoms with van der Waals surface area (Å²) in [6.07, 6.45) is 2.21. The second-order valence-electron chi connectivity index (χ2n) is 5.57. The first-order chi connectivity index (χ1) is 13.0. The molecule has 0 saturated carbocycles. The van der Waals surface area contributed by atoms with E-state index in [0.29, 0.717) is 36.6 Å². The van der Waals surface area contributed by atoms with Crippen LogP contribution in [-0.2, 0) is 14.3 Å². The van der Waals surface area contributed by atoms with Crippen LogP contribution in [0.15, 0.2) is 23.1 Å². The van der Waals surface area contributed by atoms with Gasteiger partial charge in [-0.15, -0.1) is 0 Å². The molecular formula is C18H22N2O6S. The molecule has 0 aromatic heterocycles. The summed E-state index contributed by atoms with van der Waals surface area (Å²) >= 11 is 0.785. The fourth-order valence-electron chi connectivity index (χ4n) is 2.37. The number of imide groups is 1. The maximum absolute atomic E-state index is 12.5. The monoisotopic (exact) mass is 394 g/mol. The van der Waals surface area contributed by atoms with E-state index in [0.717, 1.165) is 16.7 Å². The van der Waals surface area contributed by atoms with Gasteiger partial charge in [-0.3, -0.25) is 19.3 Å². The molecule has 3 amide bonds. The Bertz CT molecular complexity index is 749. The number of methoxy groups -OCH3 is 3. The number of nitrogens with zero attached hydrogens (tertiary/aromatic N) is 1. The Morgan fingerprint density at radius 2 is 2.00 bits per heavy atom. The van der Waals surface area contributed by atoms with Gasteiger partial charge in [0.15, 0.2) is 0 Å². The van der Waals surface area contributed by atoms with Crippen molar-refractivity contribution < 1.29 is 28.6 Å². The predicted octanol–water partition coefficient (Wildman–Crippen LogP) is 1.89. The van der Waals surface area contributed by atoms with E-state index >= 15 is 0 Å². The molecule has 1 aromatic rings. The lowest BCUT2D eigenvalue weighted by Gasteiger charge is -2.12. The largest absolute Gasteiger partial charge is 0.497 e. The minimum absolute atomic E-state index is 0.221. The zero-order chi connectivity index (χ0) is 19.8. The lowest BCUT2D eigenvalue weighted by atomic mass is 10.1. The molecule has 2 rings (SSSR count). The first-order valence-electron chi connectivity index (χ1n) is 8.23. The summed E-state index contributed by atoms with van der Waals surface area (Å²) < 4.78 is 15.4. The van der Waals surface area contributed by atoms with Gasteiger partial charge in [-0.2, -0.15) is 0 Å². The van der Waals surface area contributed by atoms with Crippen molar-refractivity contribution in [2.24, 2.45) is 0 Å². The van der Waals surface area contributed by atoms with Crippen LogP contribution in [0.25, 0.3) is 6.08 Å². The van der Waals surface area contributed by atoms with Gasteiger partial charge in [-0.25, -0.2) is 0 Å². The van der Waals surface area contributed by atoms with Crippen molar-refractivity contribution >= 4 is 34.9 Å². The molecule has 0 radical (unpaired) electrons. The molecule has 0 atom stereocenters. The summed E-state index contributed by atoms with van der Waals surface area (Å²) in [6.45, 7) is 0.622. The Balaban J connectivity index is 2.09. The average molecular weight is 394 g/mol. The van der Waals surface area contributed by atoms with Crippen LogP contribution in [-0.4, -0.2) is 63.0 Å². The van der Waals surface area contributed by atoms with Crippen molar-refractivity contribution in [1.29, 1.82) is 0 Å². The first-order valence-corrected chi connectivity index (χ1v) is 9.04. The lowest BCUT2D eigenvalue weighted by Crippen LogP contribution is -2.39. The SMILES string of the molecule is COCCCNC(=O)CN1C(=O)S/C(=C\c2cc(OC)ccc2OC)C1=O. The fraction of sp³-hybridized carbons (Fsp3) is 0.389. The van der Waals surface area contributed by atoms with Crippen LogP contribution in [0.1, 0.15) is 12.0 Å². The van der Waals surface area contributed by atoms with Crippen LogP contribution in [0.2, 0.25) is 0 Å². The summed E-state index contributed by atoms with van der Waals surface area (Å²) in [6, 6.07) is 5.15. The summed E-state index contributed by atoms with van der Waals surface area (Å²) in [5.41, 5.74) is 0.603. The predicted molar refractivity (Wildman–Crippen MR) is 102 cm³/mol. The van der Waals surface area contributed by atoms with Crippen molar-refractivity contribution in [2.45, 2.75) is 6.42 Å². The van der Waals surface area contributed by atoms with Gasteiger partial charge in [0.2, 0.25) is 5.91 Å². The summed E-state index contributed by atoms with van der Waals surface area (Å²) in [4.78, 5) is 37.8. The van der Waals surface area contributed by atoms with E-state index in [4.69, 9.17) is 14.2 Å². The van der Waals surface area contributed by atoms with Gasteiger partial charge < -0.3 is 19.5 Å². The number of thioether (sulfide) groups is 1. The normalized spacial score (nSPS) is 15.4. The smallest absolute Gasteiger partial charge is 0.294 e. The van der Waals surface area contributed by atoms with Crippen LogP contribution in [0.5, 0.6) is 11.5 Å². The number of hydrogen-bond donors (Lipinski definition) is 1. The van der Waals surface area contributed by atoms with Crippen LogP contribution >= 0.6 is 11.8 Å². The highest BCUT2D eigenvalue weighted by Crippen LogP contribution is 2.34. The van der Waals surface area contributed by atoms with Crippen LogP contribution in [0.3, 0.4) is 0 Å². The number of benzene rings is 1. The Morgan fingerprint density at radius 3 is 2.67 bits per heavy atom. The molecule has 27 heavy (non-hydrogen) atoms. The van der Waals surface area contributed by atoms with Gasteiger partial charge in [-0.1, -0.05) is 0 Å². The minimum Gasteiger partial charge on any atom is -0.497 e. The van der Waals surface area contributed by atoms with Crippen molar-refractivity contribution in [3.63, 3.8) is 0 Å². The zero-order valence-electron chi connectivity index (χ0n) is 15.4. The summed E-state index contributed by atoms with van der Waals surface area (Å²) in [5, 5.41) is 2.17. The first kappa shape index (κ1) is 20.8. The molecule has 1 saturated heterocycles. The molecule has 1 aliphatic heterocycles. The van der Waals surface area contributed by atoms with Gasteiger partial charge >= 0.3 is 0 Å². The van der Waals surface area contributed by atoms with E-state index in [-0.39, 0.29) is 11.4 Å². The number of rotatable bonds is 9. The highest BCUT2D eigenvalue weighted by molar-refractivity contribution is 8.18. The number of nitrogens with one attached hydrogen (secondary N) is 1. The van der Waals surface area contributed by atoms with Gasteiger partial charge in [0.1, 0.15) is 18.0 Å². The second kappa shape index (κ2) is 9.98. The molecule has 1 fully saturated rings. The minimum atomic E-state index is -0.512. The second-order valence-corrected chi connectivity index (χ2v) is 6.57. The molecular weight excluding hydrogens is 372 g/mol. The fourth-order valence-corrected chi connectivity index (χ4v) is 3.20. The van der Waals surface area contributed by atoms with Crippen LogP contribution in [0.4, 0.5) is 4.79 Å². The maximum atomic E-state index is 12.5. The highest BCUT2D eigenvalue weighted by atomic mass is 32.2. The number of amides is 3. The third-order valence-electron chi connectivity index (χ3n) is 3.75. The van der Waals surface area contributed by atoms with Crippen LogP contribution < -0.4 is 14.8 Å². The van der Waals surface area contributed by atoms with E-state index in [2.05, 4.69) is 5.32 Å². The molecule has 0 spiro atoms. The van der Waals surface area contributed by atoms with E-state index in [9.17, 15) is 14.4 Å². The maximum Gasteiger partial charge on any atom is 0.294 e. The molecule has 146 valence electrons. The van der Waals surface area contributed by atoms with Gasteiger partial charge in [-0.05, 0) is 42.5 Å². The molecule has 1 N–H and O–H groups in total. The van der Waals surface area contributed by atoms with E-state index in [1.807, 2.05) is 0 Å². The average Bonchev–Trinajstić information content (AvgIpc) is 2.92. The Kier molecular flexibility index (Phi) is 7.68. The number of carbonyl (C=O) groups excluding carboxylic acids is 3. The van der Waals surface area contributed by atoms with E-state index < -0.39 is 17.1 Å². The topological polar surface area (TPSA) is 94.2 Å². The molecule has 0 unspecified atom stereocenters. The van der Waals surface area contributed by atoms with Crippen molar-refractivity contribution in [3.05, 3.63) is 28.7 Å². The Morgan fingerprint density at radius 1 is 1.22 bits per heavy atom. The highest BCUT2D eigenvalue weighted by Gasteiger charge is 2.36. The lowest BCUT2D eigenvalue weighted by molar-refractivity contribution is -0.129. The number of carbonyl (C=O) groups is 3. The molecule has 1 heterocycles. The summed E-state index contributed by atoms with van der Waals surface area (Å²) in [7, 11) is 4.62. The Hall–Kier alpha value is -2.52. The molecule has 0 bridgehead atoms. The zero-order valence-corrected chi connectivity index (χ0v) is 16.3. The number of ether oxygens (including phenoxy) is 3. The molecule has 8 nitrogen and oxygen atoms in total. The quantitative estimate of drug-likeness (QED) is 0.505. The van der Waals surface area contributed by atoms with Gasteiger partial charge in [0.05, 0.1) is 19.1 Å². The Labute approximate surface area is 161 Å². The molecule has 1 aromatic carbocycles. The van der Waals surface area contributed by atoms with Gasteiger partial charge in [0, 0.05) is 25.8 Å². The van der Waals surface area contributed by atoms with Crippen molar-refractivity contribution in [3.8, 4) is 11.5 Å². The molecule has 9 heteroatoms. The summed E-state index contributed by atoms with van der Waals surface area (Å²) in [5.74, 6) is 0.228. The van der Waals surface area contributed by atoms with Gasteiger partial charge in [0.25, 0.3) is 11.1 Å². The molecule has 0 aliphatic carbocycles. The standard InChI is InChI=1S/C18H22N2O6S/c1-24-8-4-7-19-16(21)11-20-17(22)15(27-18(20)23)10-12-9-13(25-2)5-6-14(12)26-3/h5-6,9-10H,4,7-8,11H2,1-3H3,(H,19,21)/b15-10-. The third-order valence-corrected chi connectivity index (χ3v) is 4.65. The van der Waals surface area contributed by atoms with E-state index in [1.165, 1.54) is 14.2 Å². The van der Waals surface area contributed by atoms with Crippen molar-refractivity contribution in [1.82, 2.24) is 10.2 Å². The van der Waals surface area contributed by atoms with E-state index in [1.54, 1.807) is 31.4 Å².